The third-order valence-electron chi connectivity index (χ3n) is 3.71. The molecule has 0 aromatic heterocycles. The molecule has 0 atom stereocenters. The largest absolute Gasteiger partial charge is 0.358 e. The van der Waals surface area contributed by atoms with Crippen LogP contribution in [0.1, 0.15) is 17.5 Å². The predicted octanol–water partition coefficient (Wildman–Crippen LogP) is 3.65. The number of rotatable bonds is 2. The Bertz CT molecular complexity index is 639. The van der Waals surface area contributed by atoms with E-state index in [1.54, 1.807) is 12.1 Å². The Morgan fingerprint density at radius 2 is 1.90 bits per heavy atom. The Balaban J connectivity index is 1.68. The van der Waals surface area contributed by atoms with Crippen LogP contribution in [-0.4, -0.2) is 11.7 Å². The molecule has 108 valence electrons. The smallest absolute Gasteiger partial charge is 0.173 e. The number of hydrogen-bond acceptors (Lipinski definition) is 1. The molecule has 2 aromatic carbocycles. The average molecular weight is 300 g/mol. The number of nitrogens with one attached hydrogen (secondary N) is 1. The standard InChI is InChI=1S/C17H17FN2S/c18-15-9-7-13(8-10-15)12-19-17(21)20-11-3-5-14-4-1-2-6-16(14)20/h1-2,4,6-10H,3,5,11-12H2,(H,19,21). The second-order valence-electron chi connectivity index (χ2n) is 5.17. The number of fused-ring (bicyclic) bond motifs is 1. The summed E-state index contributed by atoms with van der Waals surface area (Å²) >= 11 is 5.52. The minimum atomic E-state index is -0.216. The molecule has 0 aliphatic carbocycles. The maximum Gasteiger partial charge on any atom is 0.173 e. The lowest BCUT2D eigenvalue weighted by Crippen LogP contribution is -2.42. The molecular weight excluding hydrogens is 283 g/mol. The highest BCUT2D eigenvalue weighted by molar-refractivity contribution is 7.80. The first-order valence-corrected chi connectivity index (χ1v) is 7.52. The van der Waals surface area contributed by atoms with Crippen molar-refractivity contribution in [1.82, 2.24) is 5.32 Å². The van der Waals surface area contributed by atoms with Crippen molar-refractivity contribution in [2.45, 2.75) is 19.4 Å². The van der Waals surface area contributed by atoms with Crippen LogP contribution in [0, 0.1) is 5.82 Å². The molecule has 0 bridgehead atoms. The molecule has 0 spiro atoms. The molecule has 0 unspecified atom stereocenters. The van der Waals surface area contributed by atoms with Gasteiger partial charge >= 0.3 is 0 Å². The van der Waals surface area contributed by atoms with Crippen molar-refractivity contribution < 1.29 is 4.39 Å². The maximum absolute atomic E-state index is 12.9. The van der Waals surface area contributed by atoms with Gasteiger partial charge in [0.1, 0.15) is 5.82 Å². The predicted molar refractivity (Wildman–Crippen MR) is 87.9 cm³/mol. The van der Waals surface area contributed by atoms with Crippen LogP contribution < -0.4 is 10.2 Å². The lowest BCUT2D eigenvalue weighted by Gasteiger charge is -2.31. The van der Waals surface area contributed by atoms with Crippen LogP contribution in [-0.2, 0) is 13.0 Å². The Kier molecular flexibility index (Phi) is 4.15. The molecule has 0 saturated heterocycles. The van der Waals surface area contributed by atoms with E-state index in [9.17, 15) is 4.39 Å². The molecule has 4 heteroatoms. The van der Waals surface area contributed by atoms with Gasteiger partial charge in [-0.05, 0) is 54.4 Å². The van der Waals surface area contributed by atoms with Crippen molar-refractivity contribution in [2.24, 2.45) is 0 Å². The van der Waals surface area contributed by atoms with Crippen LogP contribution in [0.2, 0.25) is 0 Å². The number of para-hydroxylation sites is 1. The molecule has 3 rings (SSSR count). The topological polar surface area (TPSA) is 15.3 Å². The van der Waals surface area contributed by atoms with Gasteiger partial charge in [0, 0.05) is 18.8 Å². The van der Waals surface area contributed by atoms with Crippen LogP contribution in [0.5, 0.6) is 0 Å². The van der Waals surface area contributed by atoms with Gasteiger partial charge < -0.3 is 10.2 Å². The highest BCUT2D eigenvalue weighted by Gasteiger charge is 2.19. The molecule has 0 saturated carbocycles. The van der Waals surface area contributed by atoms with Gasteiger partial charge in [0.05, 0.1) is 0 Å². The number of thiocarbonyl (C=S) groups is 1. The highest BCUT2D eigenvalue weighted by atomic mass is 32.1. The molecule has 0 amide bonds. The molecule has 21 heavy (non-hydrogen) atoms. The number of halogens is 1. The van der Waals surface area contributed by atoms with Gasteiger partial charge in [0.25, 0.3) is 0 Å². The van der Waals surface area contributed by atoms with E-state index in [-0.39, 0.29) is 5.82 Å². The van der Waals surface area contributed by atoms with Gasteiger partial charge in [-0.15, -0.1) is 0 Å². The van der Waals surface area contributed by atoms with Crippen molar-refractivity contribution in [3.05, 3.63) is 65.5 Å². The molecule has 1 aliphatic heterocycles. The fourth-order valence-electron chi connectivity index (χ4n) is 2.62. The Hall–Kier alpha value is -1.94. The Labute approximate surface area is 129 Å². The second-order valence-corrected chi connectivity index (χ2v) is 5.56. The molecule has 0 fully saturated rings. The number of hydrogen-bond donors (Lipinski definition) is 1. The van der Waals surface area contributed by atoms with E-state index >= 15 is 0 Å². The quantitative estimate of drug-likeness (QED) is 0.852. The van der Waals surface area contributed by atoms with Gasteiger partial charge in [0.2, 0.25) is 0 Å². The van der Waals surface area contributed by atoms with E-state index < -0.39 is 0 Å². The minimum absolute atomic E-state index is 0.216. The van der Waals surface area contributed by atoms with E-state index in [1.807, 2.05) is 6.07 Å². The van der Waals surface area contributed by atoms with Crippen LogP contribution in [0.15, 0.2) is 48.5 Å². The SMILES string of the molecule is Fc1ccc(CNC(=S)N2CCCc3ccccc32)cc1. The van der Waals surface area contributed by atoms with Gasteiger partial charge in [-0.1, -0.05) is 30.3 Å². The zero-order chi connectivity index (χ0) is 14.7. The number of benzene rings is 2. The second kappa shape index (κ2) is 6.22. The third kappa shape index (κ3) is 3.22. The molecule has 1 N–H and O–H groups in total. The van der Waals surface area contributed by atoms with Gasteiger partial charge in [-0.25, -0.2) is 4.39 Å². The maximum atomic E-state index is 12.9. The molecular formula is C17H17FN2S. The summed E-state index contributed by atoms with van der Waals surface area (Å²) in [5.74, 6) is -0.216. The van der Waals surface area contributed by atoms with Crippen LogP contribution in [0.3, 0.4) is 0 Å². The van der Waals surface area contributed by atoms with Gasteiger partial charge in [-0.3, -0.25) is 0 Å². The molecule has 2 aromatic rings. The van der Waals surface area contributed by atoms with E-state index in [4.69, 9.17) is 12.2 Å². The third-order valence-corrected chi connectivity index (χ3v) is 4.08. The van der Waals surface area contributed by atoms with E-state index in [0.717, 1.165) is 30.1 Å². The lowest BCUT2D eigenvalue weighted by atomic mass is 10.0. The van der Waals surface area contributed by atoms with E-state index in [0.29, 0.717) is 6.54 Å². The summed E-state index contributed by atoms with van der Waals surface area (Å²) in [7, 11) is 0. The summed E-state index contributed by atoms with van der Waals surface area (Å²) in [6.45, 7) is 1.55. The monoisotopic (exact) mass is 300 g/mol. The van der Waals surface area contributed by atoms with Crippen molar-refractivity contribution >= 4 is 23.0 Å². The number of nitrogens with zero attached hydrogens (tertiary/aromatic N) is 1. The van der Waals surface area contributed by atoms with E-state index in [1.165, 1.54) is 23.4 Å². The normalized spacial score (nSPS) is 13.7. The molecule has 0 radical (unpaired) electrons. The van der Waals surface area contributed by atoms with Crippen molar-refractivity contribution in [3.8, 4) is 0 Å². The van der Waals surface area contributed by atoms with Crippen molar-refractivity contribution in [1.29, 1.82) is 0 Å². The van der Waals surface area contributed by atoms with E-state index in [2.05, 4.69) is 28.4 Å². The molecule has 1 aliphatic rings. The summed E-state index contributed by atoms with van der Waals surface area (Å²) in [5, 5.41) is 3.99. The van der Waals surface area contributed by atoms with Crippen molar-refractivity contribution in [2.75, 3.05) is 11.4 Å². The Morgan fingerprint density at radius 3 is 2.71 bits per heavy atom. The summed E-state index contributed by atoms with van der Waals surface area (Å²) in [4.78, 5) is 2.15. The molecule has 1 heterocycles. The average Bonchev–Trinajstić information content (AvgIpc) is 2.53. The lowest BCUT2D eigenvalue weighted by molar-refractivity contribution is 0.626. The van der Waals surface area contributed by atoms with Gasteiger partial charge in [0.15, 0.2) is 5.11 Å². The first kappa shape index (κ1) is 14.0. The molecule has 2 nitrogen and oxygen atoms in total. The zero-order valence-corrected chi connectivity index (χ0v) is 12.5. The van der Waals surface area contributed by atoms with Crippen LogP contribution >= 0.6 is 12.2 Å². The first-order valence-electron chi connectivity index (χ1n) is 7.12. The van der Waals surface area contributed by atoms with Crippen LogP contribution in [0.25, 0.3) is 0 Å². The highest BCUT2D eigenvalue weighted by Crippen LogP contribution is 2.26. The summed E-state index contributed by atoms with van der Waals surface area (Å²) < 4.78 is 12.9. The fraction of sp³-hybridized carbons (Fsp3) is 0.235. The summed E-state index contributed by atoms with van der Waals surface area (Å²) in [6.07, 6.45) is 2.21. The van der Waals surface area contributed by atoms with Gasteiger partial charge in [-0.2, -0.15) is 0 Å². The summed E-state index contributed by atoms with van der Waals surface area (Å²) in [5.41, 5.74) is 3.55. The fourth-order valence-corrected chi connectivity index (χ4v) is 2.88. The minimum Gasteiger partial charge on any atom is -0.358 e. The Morgan fingerprint density at radius 1 is 1.14 bits per heavy atom. The van der Waals surface area contributed by atoms with Crippen LogP contribution in [0.4, 0.5) is 10.1 Å². The zero-order valence-electron chi connectivity index (χ0n) is 11.7. The summed E-state index contributed by atoms with van der Waals surface area (Å²) in [6, 6.07) is 14.9. The van der Waals surface area contributed by atoms with Crippen molar-refractivity contribution in [3.63, 3.8) is 0 Å². The number of aryl methyl sites for hydroxylation is 1. The number of anilines is 1. The first-order chi connectivity index (χ1) is 10.2.